The molecule has 1 heterocycles. The van der Waals surface area contributed by atoms with Gasteiger partial charge in [-0.05, 0) is 37.0 Å². The van der Waals surface area contributed by atoms with Crippen molar-refractivity contribution in [2.75, 3.05) is 18.0 Å². The largest absolute Gasteiger partial charge is 0.481 e. The van der Waals surface area contributed by atoms with Crippen molar-refractivity contribution in [3.8, 4) is 6.07 Å². The van der Waals surface area contributed by atoms with Crippen LogP contribution in [0.1, 0.15) is 24.8 Å². The quantitative estimate of drug-likeness (QED) is 0.923. The molecule has 19 heavy (non-hydrogen) atoms. The summed E-state index contributed by atoms with van der Waals surface area (Å²) in [4.78, 5) is 12.8. The smallest absolute Gasteiger partial charge is 0.303 e. The normalized spacial score (nSPS) is 16.1. The molecule has 0 bridgehead atoms. The molecule has 0 amide bonds. The molecular formula is C14H15ClN2O2. The first-order chi connectivity index (χ1) is 9.10. The maximum absolute atomic E-state index is 10.7. The van der Waals surface area contributed by atoms with E-state index < -0.39 is 5.97 Å². The number of piperidine rings is 1. The van der Waals surface area contributed by atoms with E-state index in [0.717, 1.165) is 31.6 Å². The zero-order valence-corrected chi connectivity index (χ0v) is 11.2. The highest BCUT2D eigenvalue weighted by Gasteiger charge is 2.22. The molecule has 0 aliphatic carbocycles. The van der Waals surface area contributed by atoms with Crippen molar-refractivity contribution >= 4 is 23.3 Å². The van der Waals surface area contributed by atoms with Crippen LogP contribution in [-0.2, 0) is 4.79 Å². The Balaban J connectivity index is 2.02. The third-order valence-corrected chi connectivity index (χ3v) is 3.80. The molecule has 0 radical (unpaired) electrons. The molecule has 4 nitrogen and oxygen atoms in total. The molecule has 1 saturated heterocycles. The Morgan fingerprint density at radius 2 is 2.16 bits per heavy atom. The fraction of sp³-hybridized carbons (Fsp3) is 0.429. The Kier molecular flexibility index (Phi) is 4.28. The van der Waals surface area contributed by atoms with Crippen molar-refractivity contribution in [2.45, 2.75) is 19.3 Å². The molecule has 1 N–H and O–H groups in total. The second-order valence-electron chi connectivity index (χ2n) is 4.81. The SMILES string of the molecule is N#Cc1ccc(N2CCC(CC(=O)O)CC2)c(Cl)c1. The molecule has 1 fully saturated rings. The van der Waals surface area contributed by atoms with E-state index >= 15 is 0 Å². The molecule has 0 spiro atoms. The highest BCUT2D eigenvalue weighted by Crippen LogP contribution is 2.31. The van der Waals surface area contributed by atoms with Gasteiger partial charge in [0.1, 0.15) is 0 Å². The van der Waals surface area contributed by atoms with Gasteiger partial charge in [0, 0.05) is 19.5 Å². The number of carboxylic acid groups (broad SMARTS) is 1. The Morgan fingerprint density at radius 1 is 1.47 bits per heavy atom. The average Bonchev–Trinajstić information content (AvgIpc) is 2.39. The third kappa shape index (κ3) is 3.39. The van der Waals surface area contributed by atoms with Gasteiger partial charge in [-0.1, -0.05) is 11.6 Å². The number of hydrogen-bond donors (Lipinski definition) is 1. The highest BCUT2D eigenvalue weighted by molar-refractivity contribution is 6.33. The lowest BCUT2D eigenvalue weighted by Gasteiger charge is -2.33. The van der Waals surface area contributed by atoms with Crippen molar-refractivity contribution < 1.29 is 9.90 Å². The van der Waals surface area contributed by atoms with E-state index in [0.29, 0.717) is 10.6 Å². The average molecular weight is 279 g/mol. The number of carbonyl (C=O) groups is 1. The third-order valence-electron chi connectivity index (χ3n) is 3.50. The summed E-state index contributed by atoms with van der Waals surface area (Å²) in [5.41, 5.74) is 1.48. The molecule has 100 valence electrons. The number of benzene rings is 1. The topological polar surface area (TPSA) is 64.3 Å². The molecule has 0 atom stereocenters. The van der Waals surface area contributed by atoms with Crippen LogP contribution in [0.4, 0.5) is 5.69 Å². The first kappa shape index (κ1) is 13.7. The molecule has 0 unspecified atom stereocenters. The van der Waals surface area contributed by atoms with E-state index in [9.17, 15) is 4.79 Å². The van der Waals surface area contributed by atoms with Crippen LogP contribution in [0.5, 0.6) is 0 Å². The molecule has 1 aromatic carbocycles. The van der Waals surface area contributed by atoms with Crippen LogP contribution in [0.25, 0.3) is 0 Å². The van der Waals surface area contributed by atoms with Gasteiger partial charge < -0.3 is 10.0 Å². The summed E-state index contributed by atoms with van der Waals surface area (Å²) in [7, 11) is 0. The number of rotatable bonds is 3. The van der Waals surface area contributed by atoms with E-state index in [2.05, 4.69) is 11.0 Å². The number of nitriles is 1. The van der Waals surface area contributed by atoms with Gasteiger partial charge in [-0.2, -0.15) is 5.26 Å². The predicted octanol–water partition coefficient (Wildman–Crippen LogP) is 2.90. The molecule has 2 rings (SSSR count). The van der Waals surface area contributed by atoms with Crippen LogP contribution in [0.3, 0.4) is 0 Å². The standard InChI is InChI=1S/C14H15ClN2O2/c15-12-7-11(9-16)1-2-13(12)17-5-3-10(4-6-17)8-14(18)19/h1-2,7,10H,3-6,8H2,(H,18,19). The molecule has 1 aliphatic heterocycles. The molecule has 0 saturated carbocycles. The fourth-order valence-corrected chi connectivity index (χ4v) is 2.76. The van der Waals surface area contributed by atoms with E-state index in [1.54, 1.807) is 12.1 Å². The van der Waals surface area contributed by atoms with Gasteiger partial charge in [0.2, 0.25) is 0 Å². The van der Waals surface area contributed by atoms with Crippen LogP contribution in [0, 0.1) is 17.2 Å². The lowest BCUT2D eigenvalue weighted by Crippen LogP contribution is -2.34. The monoisotopic (exact) mass is 278 g/mol. The molecule has 0 aromatic heterocycles. The summed E-state index contributed by atoms with van der Waals surface area (Å²) in [5, 5.41) is 18.2. The Labute approximate surface area is 117 Å². The summed E-state index contributed by atoms with van der Waals surface area (Å²) in [5.74, 6) is -0.472. The predicted molar refractivity (Wildman–Crippen MR) is 73.4 cm³/mol. The van der Waals surface area contributed by atoms with Gasteiger partial charge in [0.25, 0.3) is 0 Å². The van der Waals surface area contributed by atoms with Crippen LogP contribution < -0.4 is 4.90 Å². The first-order valence-corrected chi connectivity index (χ1v) is 6.64. The zero-order chi connectivity index (χ0) is 13.8. The van der Waals surface area contributed by atoms with Gasteiger partial charge in [-0.15, -0.1) is 0 Å². The van der Waals surface area contributed by atoms with Crippen LogP contribution in [-0.4, -0.2) is 24.2 Å². The van der Waals surface area contributed by atoms with E-state index in [1.807, 2.05) is 6.07 Å². The lowest BCUT2D eigenvalue weighted by atomic mass is 9.93. The van der Waals surface area contributed by atoms with Crippen molar-refractivity contribution in [3.63, 3.8) is 0 Å². The molecule has 1 aliphatic rings. The molecular weight excluding hydrogens is 264 g/mol. The Hall–Kier alpha value is -1.73. The first-order valence-electron chi connectivity index (χ1n) is 6.26. The van der Waals surface area contributed by atoms with E-state index in [4.69, 9.17) is 22.0 Å². The minimum absolute atomic E-state index is 0.245. The van der Waals surface area contributed by atoms with Gasteiger partial charge in [0.05, 0.1) is 22.3 Å². The van der Waals surface area contributed by atoms with Gasteiger partial charge in [-0.3, -0.25) is 4.79 Å². The Morgan fingerprint density at radius 3 is 2.68 bits per heavy atom. The zero-order valence-electron chi connectivity index (χ0n) is 10.5. The maximum atomic E-state index is 10.7. The second kappa shape index (κ2) is 5.94. The number of carboxylic acids is 1. The van der Waals surface area contributed by atoms with Crippen molar-refractivity contribution in [3.05, 3.63) is 28.8 Å². The second-order valence-corrected chi connectivity index (χ2v) is 5.21. The minimum atomic E-state index is -0.727. The van der Waals surface area contributed by atoms with Gasteiger partial charge >= 0.3 is 5.97 Å². The lowest BCUT2D eigenvalue weighted by molar-refractivity contribution is -0.138. The minimum Gasteiger partial charge on any atom is -0.481 e. The van der Waals surface area contributed by atoms with Gasteiger partial charge in [-0.25, -0.2) is 0 Å². The summed E-state index contributed by atoms with van der Waals surface area (Å²) in [6.45, 7) is 1.62. The van der Waals surface area contributed by atoms with Crippen LogP contribution in [0.2, 0.25) is 5.02 Å². The summed E-state index contributed by atoms with van der Waals surface area (Å²) >= 11 is 6.18. The summed E-state index contributed by atoms with van der Waals surface area (Å²) in [6.07, 6.45) is 1.97. The number of hydrogen-bond acceptors (Lipinski definition) is 3. The fourth-order valence-electron chi connectivity index (χ4n) is 2.46. The number of anilines is 1. The van der Waals surface area contributed by atoms with Crippen molar-refractivity contribution in [2.24, 2.45) is 5.92 Å². The summed E-state index contributed by atoms with van der Waals surface area (Å²) in [6, 6.07) is 7.34. The number of halogens is 1. The highest BCUT2D eigenvalue weighted by atomic mass is 35.5. The number of nitrogens with zero attached hydrogens (tertiary/aromatic N) is 2. The molecule has 1 aromatic rings. The van der Waals surface area contributed by atoms with E-state index in [1.165, 1.54) is 0 Å². The Bertz CT molecular complexity index is 517. The van der Waals surface area contributed by atoms with Crippen molar-refractivity contribution in [1.29, 1.82) is 5.26 Å². The van der Waals surface area contributed by atoms with Crippen LogP contribution in [0.15, 0.2) is 18.2 Å². The van der Waals surface area contributed by atoms with Gasteiger partial charge in [0.15, 0.2) is 0 Å². The van der Waals surface area contributed by atoms with E-state index in [-0.39, 0.29) is 12.3 Å². The van der Waals surface area contributed by atoms with Crippen LogP contribution >= 0.6 is 11.6 Å². The summed E-state index contributed by atoms with van der Waals surface area (Å²) < 4.78 is 0. The number of aliphatic carboxylic acids is 1. The van der Waals surface area contributed by atoms with Crippen molar-refractivity contribution in [1.82, 2.24) is 0 Å². The molecule has 5 heteroatoms. The maximum Gasteiger partial charge on any atom is 0.303 e.